The van der Waals surface area contributed by atoms with Gasteiger partial charge in [0.15, 0.2) is 0 Å². The Morgan fingerprint density at radius 1 is 0.958 bits per heavy atom. The van der Waals surface area contributed by atoms with E-state index >= 15 is 0 Å². The Labute approximate surface area is 146 Å². The number of hydrogen-bond acceptors (Lipinski definition) is 4. The Morgan fingerprint density at radius 2 is 1.58 bits per heavy atom. The van der Waals surface area contributed by atoms with Crippen LogP contribution in [0.25, 0.3) is 0 Å². The van der Waals surface area contributed by atoms with Gasteiger partial charge in [-0.2, -0.15) is 0 Å². The van der Waals surface area contributed by atoms with E-state index in [0.29, 0.717) is 12.8 Å². The molecule has 4 N–H and O–H groups in total. The second kappa shape index (κ2) is 14.4. The molecule has 0 fully saturated rings. The molecular formula is C19H36O5. The van der Waals surface area contributed by atoms with Crippen LogP contribution >= 0.6 is 0 Å². The van der Waals surface area contributed by atoms with Crippen LogP contribution in [0.4, 0.5) is 0 Å². The fourth-order valence-corrected chi connectivity index (χ4v) is 2.54. The molecule has 0 aliphatic heterocycles. The molecule has 0 rings (SSSR count). The Balaban J connectivity index is 3.72. The zero-order valence-electron chi connectivity index (χ0n) is 15.2. The Hall–Kier alpha value is -0.910. The van der Waals surface area contributed by atoms with Crippen LogP contribution in [0.2, 0.25) is 0 Å². The molecule has 142 valence electrons. The summed E-state index contributed by atoms with van der Waals surface area (Å²) >= 11 is 0. The van der Waals surface area contributed by atoms with Crippen molar-refractivity contribution >= 4 is 5.97 Å². The van der Waals surface area contributed by atoms with Gasteiger partial charge in [-0.1, -0.05) is 64.5 Å². The van der Waals surface area contributed by atoms with Crippen LogP contribution in [0.5, 0.6) is 0 Å². The number of aliphatic hydroxyl groups excluding tert-OH is 3. The average molecular weight is 344 g/mol. The minimum Gasteiger partial charge on any atom is -0.481 e. The van der Waals surface area contributed by atoms with Gasteiger partial charge in [0.1, 0.15) is 12.2 Å². The molecule has 0 bridgehead atoms. The van der Waals surface area contributed by atoms with Crippen LogP contribution in [0.3, 0.4) is 0 Å². The van der Waals surface area contributed by atoms with Crippen molar-refractivity contribution in [3.63, 3.8) is 0 Å². The van der Waals surface area contributed by atoms with E-state index in [9.17, 15) is 20.1 Å². The lowest BCUT2D eigenvalue weighted by Gasteiger charge is -2.20. The molecular weight excluding hydrogens is 308 g/mol. The molecule has 24 heavy (non-hydrogen) atoms. The van der Waals surface area contributed by atoms with Gasteiger partial charge < -0.3 is 20.4 Å². The normalized spacial score (nSPS) is 16.9. The van der Waals surface area contributed by atoms with Gasteiger partial charge in [-0.3, -0.25) is 4.79 Å². The maximum absolute atomic E-state index is 10.7. The molecule has 0 saturated carbocycles. The Kier molecular flexibility index (Phi) is 13.9. The highest BCUT2D eigenvalue weighted by Crippen LogP contribution is 2.13. The summed E-state index contributed by atoms with van der Waals surface area (Å²) < 4.78 is 0. The first-order valence-corrected chi connectivity index (χ1v) is 9.33. The summed E-state index contributed by atoms with van der Waals surface area (Å²) in [6.45, 7) is 3.81. The number of aliphatic carboxylic acids is 1. The molecule has 0 radical (unpaired) electrons. The quantitative estimate of drug-likeness (QED) is 0.270. The first kappa shape index (κ1) is 23.1. The average Bonchev–Trinajstić information content (AvgIpc) is 2.55. The second-order valence-electron chi connectivity index (χ2n) is 6.70. The molecule has 0 amide bonds. The highest BCUT2D eigenvalue weighted by molar-refractivity contribution is 5.69. The van der Waals surface area contributed by atoms with E-state index in [1.165, 1.54) is 0 Å². The summed E-state index contributed by atoms with van der Waals surface area (Å²) in [6.07, 6.45) is 9.23. The topological polar surface area (TPSA) is 98.0 Å². The minimum absolute atomic E-state index is 0.273. The van der Waals surface area contributed by atoms with E-state index in [2.05, 4.69) is 6.92 Å². The highest BCUT2D eigenvalue weighted by atomic mass is 16.4. The molecule has 0 aliphatic carbocycles. The number of unbranched alkanes of at least 4 members (excludes halogenated alkanes) is 6. The maximum Gasteiger partial charge on any atom is 0.306 e. The zero-order valence-corrected chi connectivity index (χ0v) is 15.2. The zero-order chi connectivity index (χ0) is 18.4. The maximum atomic E-state index is 10.7. The molecule has 0 aliphatic rings. The van der Waals surface area contributed by atoms with Crippen molar-refractivity contribution in [3.05, 3.63) is 12.2 Å². The van der Waals surface area contributed by atoms with E-state index in [-0.39, 0.29) is 5.92 Å². The minimum atomic E-state index is -1.13. The van der Waals surface area contributed by atoms with Crippen LogP contribution in [0.1, 0.15) is 78.1 Å². The largest absolute Gasteiger partial charge is 0.481 e. The van der Waals surface area contributed by atoms with E-state index in [4.69, 9.17) is 5.11 Å². The first-order valence-electron chi connectivity index (χ1n) is 9.33. The standard InChI is InChI=1S/C19H36O5/c1-3-4-9-13-16(20)18(22)17(21)14-11-8-6-5-7-10-12-15(2)19(23)24/h11,14-18,20-22H,3-10,12-13H2,1-2H3,(H,23,24)/b14-11-. The lowest BCUT2D eigenvalue weighted by molar-refractivity contribution is -0.141. The molecule has 5 nitrogen and oxygen atoms in total. The van der Waals surface area contributed by atoms with E-state index in [1.807, 2.05) is 6.08 Å². The number of hydrogen-bond donors (Lipinski definition) is 4. The number of aliphatic hydroxyl groups is 3. The van der Waals surface area contributed by atoms with Gasteiger partial charge in [-0.25, -0.2) is 0 Å². The summed E-state index contributed by atoms with van der Waals surface area (Å²) in [5.41, 5.74) is 0. The summed E-state index contributed by atoms with van der Waals surface area (Å²) in [6, 6.07) is 0. The second-order valence-corrected chi connectivity index (χ2v) is 6.70. The van der Waals surface area contributed by atoms with Crippen molar-refractivity contribution in [2.75, 3.05) is 0 Å². The van der Waals surface area contributed by atoms with Crippen LogP contribution < -0.4 is 0 Å². The number of allylic oxidation sites excluding steroid dienone is 1. The number of carbonyl (C=O) groups is 1. The molecule has 0 heterocycles. The van der Waals surface area contributed by atoms with E-state index < -0.39 is 24.3 Å². The van der Waals surface area contributed by atoms with Crippen LogP contribution in [0.15, 0.2) is 12.2 Å². The van der Waals surface area contributed by atoms with Crippen LogP contribution in [-0.2, 0) is 4.79 Å². The van der Waals surface area contributed by atoms with E-state index in [0.717, 1.165) is 51.4 Å². The molecule has 0 aromatic heterocycles. The van der Waals surface area contributed by atoms with Gasteiger partial charge in [-0.15, -0.1) is 0 Å². The lowest BCUT2D eigenvalue weighted by atomic mass is 10.0. The lowest BCUT2D eigenvalue weighted by Crippen LogP contribution is -2.36. The third-order valence-corrected chi connectivity index (χ3v) is 4.36. The molecule has 4 unspecified atom stereocenters. The van der Waals surface area contributed by atoms with Crippen LogP contribution in [0, 0.1) is 5.92 Å². The summed E-state index contributed by atoms with van der Waals surface area (Å²) in [5, 5.41) is 38.3. The van der Waals surface area contributed by atoms with Gasteiger partial charge >= 0.3 is 5.97 Å². The molecule has 4 atom stereocenters. The van der Waals surface area contributed by atoms with Crippen molar-refractivity contribution < 1.29 is 25.2 Å². The van der Waals surface area contributed by atoms with Gasteiger partial charge in [0.05, 0.1) is 12.0 Å². The summed E-state index contributed by atoms with van der Waals surface area (Å²) in [4.78, 5) is 10.7. The third-order valence-electron chi connectivity index (χ3n) is 4.36. The van der Waals surface area contributed by atoms with Gasteiger partial charge in [-0.05, 0) is 25.7 Å². The monoisotopic (exact) mass is 344 g/mol. The SMILES string of the molecule is CCCCCC(O)C(O)C(O)/C=C\CCCCCCC(C)C(=O)O. The molecule has 0 spiro atoms. The number of rotatable bonds is 15. The third kappa shape index (κ3) is 11.6. The smallest absolute Gasteiger partial charge is 0.306 e. The predicted molar refractivity (Wildman–Crippen MR) is 95.8 cm³/mol. The predicted octanol–water partition coefficient (Wildman–Crippen LogP) is 3.27. The Morgan fingerprint density at radius 3 is 2.21 bits per heavy atom. The fourth-order valence-electron chi connectivity index (χ4n) is 2.54. The highest BCUT2D eigenvalue weighted by Gasteiger charge is 2.21. The molecule has 0 aromatic carbocycles. The fraction of sp³-hybridized carbons (Fsp3) is 0.842. The van der Waals surface area contributed by atoms with Crippen molar-refractivity contribution in [3.8, 4) is 0 Å². The molecule has 0 saturated heterocycles. The molecule has 0 aromatic rings. The van der Waals surface area contributed by atoms with Crippen molar-refractivity contribution in [2.45, 2.75) is 96.4 Å². The van der Waals surface area contributed by atoms with Gasteiger partial charge in [0.25, 0.3) is 0 Å². The van der Waals surface area contributed by atoms with Gasteiger partial charge in [0.2, 0.25) is 0 Å². The summed E-state index contributed by atoms with van der Waals surface area (Å²) in [5.74, 6) is -1.01. The number of carboxylic acid groups (broad SMARTS) is 1. The van der Waals surface area contributed by atoms with Gasteiger partial charge in [0, 0.05) is 0 Å². The first-order chi connectivity index (χ1) is 11.4. The molecule has 5 heteroatoms. The van der Waals surface area contributed by atoms with Crippen LogP contribution in [-0.4, -0.2) is 44.7 Å². The van der Waals surface area contributed by atoms with Crippen molar-refractivity contribution in [1.29, 1.82) is 0 Å². The number of carboxylic acids is 1. The van der Waals surface area contributed by atoms with Crippen molar-refractivity contribution in [2.24, 2.45) is 5.92 Å². The summed E-state index contributed by atoms with van der Waals surface area (Å²) in [7, 11) is 0. The van der Waals surface area contributed by atoms with Crippen molar-refractivity contribution in [1.82, 2.24) is 0 Å². The Bertz CT molecular complexity index is 343. The van der Waals surface area contributed by atoms with E-state index in [1.54, 1.807) is 13.0 Å².